The molecule has 0 aliphatic rings. The van der Waals surface area contributed by atoms with Crippen LogP contribution in [0.15, 0.2) is 46.9 Å². The van der Waals surface area contributed by atoms with E-state index in [0.29, 0.717) is 27.2 Å². The molecule has 1 aromatic heterocycles. The van der Waals surface area contributed by atoms with Crippen molar-refractivity contribution in [1.82, 2.24) is 9.78 Å². The summed E-state index contributed by atoms with van der Waals surface area (Å²) in [4.78, 5) is 0. The lowest BCUT2D eigenvalue weighted by Gasteiger charge is -2.10. The van der Waals surface area contributed by atoms with E-state index in [0.717, 1.165) is 0 Å². The molecular weight excluding hydrogens is 434 g/mol. The fourth-order valence-electron chi connectivity index (χ4n) is 2.79. The first-order valence-electron chi connectivity index (χ1n) is 8.41. The van der Waals surface area contributed by atoms with E-state index >= 15 is 0 Å². The smallest absolute Gasteiger partial charge is 0.161 e. The molecule has 0 unspecified atom stereocenters. The van der Waals surface area contributed by atoms with Crippen LogP contribution in [-0.2, 0) is 0 Å². The molecule has 3 rings (SSSR count). The topological polar surface area (TPSA) is 110 Å². The highest BCUT2D eigenvalue weighted by Crippen LogP contribution is 2.35. The van der Waals surface area contributed by atoms with Gasteiger partial charge >= 0.3 is 0 Å². The summed E-state index contributed by atoms with van der Waals surface area (Å²) in [6.07, 6.45) is 1.62. The molecule has 0 aliphatic heterocycles. The van der Waals surface area contributed by atoms with Crippen molar-refractivity contribution in [2.45, 2.75) is 0 Å². The molecule has 29 heavy (non-hydrogen) atoms. The maximum Gasteiger partial charge on any atom is 0.161 e. The van der Waals surface area contributed by atoms with Crippen molar-refractivity contribution >= 4 is 33.4 Å². The zero-order chi connectivity index (χ0) is 21.0. The first-order chi connectivity index (χ1) is 14.0. The number of methoxy groups -OCH3 is 2. The lowest BCUT2D eigenvalue weighted by atomic mass is 10.1. The van der Waals surface area contributed by atoms with Crippen molar-refractivity contribution in [1.29, 1.82) is 10.5 Å². The van der Waals surface area contributed by atoms with Gasteiger partial charge in [-0.1, -0.05) is 34.1 Å². The SMILES string of the molecule is COc1cc(Br)c(/C=C(\C#N)c2nn(-c3ccccc3)c(N)c2C#N)cc1OC. The molecule has 144 valence electrons. The van der Waals surface area contributed by atoms with Gasteiger partial charge in [0.25, 0.3) is 0 Å². The van der Waals surface area contributed by atoms with Crippen LogP contribution >= 0.6 is 15.9 Å². The van der Waals surface area contributed by atoms with Gasteiger partial charge in [-0.25, -0.2) is 4.68 Å². The van der Waals surface area contributed by atoms with Gasteiger partial charge in [0.2, 0.25) is 0 Å². The molecule has 2 N–H and O–H groups in total. The summed E-state index contributed by atoms with van der Waals surface area (Å²) in [5.74, 6) is 1.22. The average molecular weight is 450 g/mol. The number of para-hydroxylation sites is 1. The van der Waals surface area contributed by atoms with Crippen LogP contribution in [0.1, 0.15) is 16.8 Å². The number of halogens is 1. The maximum atomic E-state index is 9.76. The molecule has 0 bridgehead atoms. The van der Waals surface area contributed by atoms with Crippen LogP contribution in [0, 0.1) is 22.7 Å². The van der Waals surface area contributed by atoms with Gasteiger partial charge in [-0.3, -0.25) is 0 Å². The summed E-state index contributed by atoms with van der Waals surface area (Å²) < 4.78 is 12.7. The summed E-state index contributed by atoms with van der Waals surface area (Å²) in [5.41, 5.74) is 8.03. The van der Waals surface area contributed by atoms with Crippen molar-refractivity contribution in [2.24, 2.45) is 0 Å². The number of nitrogens with two attached hydrogens (primary N) is 1. The minimum absolute atomic E-state index is 0.137. The highest BCUT2D eigenvalue weighted by molar-refractivity contribution is 9.10. The predicted molar refractivity (Wildman–Crippen MR) is 113 cm³/mol. The number of allylic oxidation sites excluding steroid dienone is 1. The van der Waals surface area contributed by atoms with Crippen molar-refractivity contribution in [3.63, 3.8) is 0 Å². The molecular formula is C21H16BrN5O2. The average Bonchev–Trinajstić information content (AvgIpc) is 3.09. The van der Waals surface area contributed by atoms with Gasteiger partial charge in [-0.2, -0.15) is 15.6 Å². The Kier molecular flexibility index (Phi) is 5.87. The Morgan fingerprint density at radius 1 is 1.14 bits per heavy atom. The number of nitrogen functional groups attached to an aromatic ring is 1. The monoisotopic (exact) mass is 449 g/mol. The number of ether oxygens (including phenoxy) is 2. The van der Waals surface area contributed by atoms with E-state index in [2.05, 4.69) is 33.2 Å². The Bertz CT molecular complexity index is 1170. The fraction of sp³-hybridized carbons (Fsp3) is 0.0952. The standard InChI is InChI=1S/C21H16BrN5O2/c1-28-18-9-13(17(22)10-19(18)29-2)8-14(11-23)20-16(12-24)21(25)27(26-20)15-6-4-3-5-7-15/h3-10H,25H2,1-2H3/b14-8+. The van der Waals surface area contributed by atoms with E-state index in [1.54, 1.807) is 25.3 Å². The third-order valence-electron chi connectivity index (χ3n) is 4.21. The number of hydrogen-bond donors (Lipinski definition) is 1. The van der Waals surface area contributed by atoms with Gasteiger partial charge in [-0.15, -0.1) is 0 Å². The zero-order valence-corrected chi connectivity index (χ0v) is 17.3. The van der Waals surface area contributed by atoms with Crippen LogP contribution in [0.4, 0.5) is 5.82 Å². The largest absolute Gasteiger partial charge is 0.493 e. The minimum atomic E-state index is 0.137. The molecule has 0 amide bonds. The van der Waals surface area contributed by atoms with E-state index in [-0.39, 0.29) is 22.6 Å². The molecule has 0 saturated heterocycles. The van der Waals surface area contributed by atoms with Crippen LogP contribution in [0.2, 0.25) is 0 Å². The van der Waals surface area contributed by atoms with E-state index in [1.807, 2.05) is 30.3 Å². The third-order valence-corrected chi connectivity index (χ3v) is 4.90. The highest BCUT2D eigenvalue weighted by Gasteiger charge is 2.20. The molecule has 0 spiro atoms. The van der Waals surface area contributed by atoms with Gasteiger partial charge < -0.3 is 15.2 Å². The van der Waals surface area contributed by atoms with Gasteiger partial charge in [0.15, 0.2) is 11.5 Å². The van der Waals surface area contributed by atoms with Gasteiger partial charge in [0.1, 0.15) is 29.2 Å². The number of hydrogen-bond acceptors (Lipinski definition) is 6. The summed E-state index contributed by atoms with van der Waals surface area (Å²) >= 11 is 3.47. The molecule has 0 aliphatic carbocycles. The maximum absolute atomic E-state index is 9.76. The molecule has 0 atom stereocenters. The molecule has 1 heterocycles. The van der Waals surface area contributed by atoms with Crippen molar-refractivity contribution in [3.05, 3.63) is 63.8 Å². The number of nitrogens with zero attached hydrogens (tertiary/aromatic N) is 4. The lowest BCUT2D eigenvalue weighted by molar-refractivity contribution is 0.354. The second kappa shape index (κ2) is 8.51. The highest BCUT2D eigenvalue weighted by atomic mass is 79.9. The number of nitriles is 2. The normalized spacial score (nSPS) is 10.9. The van der Waals surface area contributed by atoms with Gasteiger partial charge in [-0.05, 0) is 35.9 Å². The summed E-state index contributed by atoms with van der Waals surface area (Å²) in [6, 6.07) is 16.8. The summed E-state index contributed by atoms with van der Waals surface area (Å²) in [7, 11) is 3.07. The van der Waals surface area contributed by atoms with E-state index < -0.39 is 0 Å². The quantitative estimate of drug-likeness (QED) is 0.585. The van der Waals surface area contributed by atoms with Crippen molar-refractivity contribution in [2.75, 3.05) is 20.0 Å². The second-order valence-corrected chi connectivity index (χ2v) is 6.72. The van der Waals surface area contributed by atoms with Crippen LogP contribution < -0.4 is 15.2 Å². The number of rotatable bonds is 5. The second-order valence-electron chi connectivity index (χ2n) is 5.87. The Labute approximate surface area is 176 Å². The molecule has 2 aromatic carbocycles. The Balaban J connectivity index is 2.17. The van der Waals surface area contributed by atoms with Gasteiger partial charge in [0.05, 0.1) is 25.5 Å². The molecule has 0 saturated carbocycles. The van der Waals surface area contributed by atoms with E-state index in [4.69, 9.17) is 15.2 Å². The van der Waals surface area contributed by atoms with Crippen molar-refractivity contribution < 1.29 is 9.47 Å². The lowest BCUT2D eigenvalue weighted by Crippen LogP contribution is -2.02. The Morgan fingerprint density at radius 3 is 2.38 bits per heavy atom. The van der Waals surface area contributed by atoms with E-state index in [1.165, 1.54) is 11.8 Å². The molecule has 8 heteroatoms. The van der Waals surface area contributed by atoms with Gasteiger partial charge in [0, 0.05) is 4.47 Å². The first kappa shape index (κ1) is 20.0. The summed E-state index contributed by atoms with van der Waals surface area (Å²) in [6.45, 7) is 0. The first-order valence-corrected chi connectivity index (χ1v) is 9.21. The van der Waals surface area contributed by atoms with Crippen LogP contribution in [0.25, 0.3) is 17.3 Å². The number of benzene rings is 2. The molecule has 0 radical (unpaired) electrons. The van der Waals surface area contributed by atoms with Crippen molar-refractivity contribution in [3.8, 4) is 29.3 Å². The van der Waals surface area contributed by atoms with Crippen LogP contribution in [-0.4, -0.2) is 24.0 Å². The Hall–Kier alpha value is -3.75. The fourth-order valence-corrected chi connectivity index (χ4v) is 3.22. The number of anilines is 1. The summed E-state index contributed by atoms with van der Waals surface area (Å²) in [5, 5.41) is 23.8. The zero-order valence-electron chi connectivity index (χ0n) is 15.7. The van der Waals surface area contributed by atoms with E-state index in [9.17, 15) is 10.5 Å². The number of aromatic nitrogens is 2. The minimum Gasteiger partial charge on any atom is -0.493 e. The Morgan fingerprint density at radius 2 is 1.79 bits per heavy atom. The van der Waals surface area contributed by atoms with Crippen LogP contribution in [0.3, 0.4) is 0 Å². The van der Waals surface area contributed by atoms with Crippen LogP contribution in [0.5, 0.6) is 11.5 Å². The molecule has 0 fully saturated rings. The molecule has 7 nitrogen and oxygen atoms in total. The third kappa shape index (κ3) is 3.79. The predicted octanol–water partition coefficient (Wildman–Crippen LogP) is 4.17. The molecule has 3 aromatic rings.